The van der Waals surface area contributed by atoms with Gasteiger partial charge in [-0.25, -0.2) is 4.79 Å². The van der Waals surface area contributed by atoms with Crippen molar-refractivity contribution in [3.63, 3.8) is 0 Å². The molecule has 0 unspecified atom stereocenters. The number of methoxy groups -OCH3 is 1. The Labute approximate surface area is 125 Å². The van der Waals surface area contributed by atoms with Crippen LogP contribution >= 0.6 is 0 Å². The molecule has 0 rings (SSSR count). The van der Waals surface area contributed by atoms with Crippen LogP contribution in [0.1, 0.15) is 47.0 Å². The standard InChI is InChI=1S/C14H27NO6/c1-6-11(20-9-19-5)10(7-8-12(16)17)15-13(18)21-14(2,3)4/h10-11H,6-9H2,1-5H3,(H,15,18)(H,16,17)/t10-,11+/m0/s1. The van der Waals surface area contributed by atoms with E-state index >= 15 is 0 Å². The summed E-state index contributed by atoms with van der Waals surface area (Å²) in [5, 5.41) is 11.5. The molecule has 0 fully saturated rings. The van der Waals surface area contributed by atoms with Crippen molar-refractivity contribution in [3.05, 3.63) is 0 Å². The predicted molar refractivity (Wildman–Crippen MR) is 77.1 cm³/mol. The lowest BCUT2D eigenvalue weighted by Gasteiger charge is -2.28. The molecular weight excluding hydrogens is 278 g/mol. The van der Waals surface area contributed by atoms with E-state index in [0.29, 0.717) is 6.42 Å². The molecule has 0 bridgehead atoms. The van der Waals surface area contributed by atoms with Crippen molar-refractivity contribution in [1.82, 2.24) is 5.32 Å². The predicted octanol–water partition coefficient (Wildman–Crippen LogP) is 2.14. The second-order valence-corrected chi connectivity index (χ2v) is 5.71. The van der Waals surface area contributed by atoms with Gasteiger partial charge in [0.1, 0.15) is 12.4 Å². The molecule has 0 aromatic heterocycles. The van der Waals surface area contributed by atoms with Crippen LogP contribution in [0.2, 0.25) is 0 Å². The molecule has 0 aromatic carbocycles. The van der Waals surface area contributed by atoms with E-state index in [4.69, 9.17) is 19.3 Å². The van der Waals surface area contributed by atoms with E-state index in [1.807, 2.05) is 6.92 Å². The fourth-order valence-corrected chi connectivity index (χ4v) is 1.76. The molecule has 7 nitrogen and oxygen atoms in total. The fraction of sp³-hybridized carbons (Fsp3) is 0.857. The average Bonchev–Trinajstić information content (AvgIpc) is 2.33. The van der Waals surface area contributed by atoms with Crippen LogP contribution in [0.4, 0.5) is 4.79 Å². The van der Waals surface area contributed by atoms with Crippen molar-refractivity contribution >= 4 is 12.1 Å². The van der Waals surface area contributed by atoms with Gasteiger partial charge in [-0.15, -0.1) is 0 Å². The SMILES string of the molecule is CC[C@@H](OCOC)[C@H](CCC(=O)O)NC(=O)OC(C)(C)C. The van der Waals surface area contributed by atoms with Crippen molar-refractivity contribution in [3.8, 4) is 0 Å². The second kappa shape index (κ2) is 9.57. The average molecular weight is 305 g/mol. The summed E-state index contributed by atoms with van der Waals surface area (Å²) in [6.45, 7) is 7.26. The minimum absolute atomic E-state index is 0.0622. The van der Waals surface area contributed by atoms with Crippen molar-refractivity contribution in [2.45, 2.75) is 64.7 Å². The summed E-state index contributed by atoms with van der Waals surface area (Å²) in [4.78, 5) is 22.6. The first kappa shape index (κ1) is 19.7. The first-order valence-corrected chi connectivity index (χ1v) is 7.01. The number of nitrogens with one attached hydrogen (secondary N) is 1. The van der Waals surface area contributed by atoms with Crippen LogP contribution in [0.3, 0.4) is 0 Å². The number of hydrogen-bond acceptors (Lipinski definition) is 5. The highest BCUT2D eigenvalue weighted by Crippen LogP contribution is 2.13. The van der Waals surface area contributed by atoms with Gasteiger partial charge in [0.15, 0.2) is 0 Å². The second-order valence-electron chi connectivity index (χ2n) is 5.71. The van der Waals surface area contributed by atoms with Gasteiger partial charge in [-0.3, -0.25) is 4.79 Å². The highest BCUT2D eigenvalue weighted by atomic mass is 16.7. The van der Waals surface area contributed by atoms with E-state index in [-0.39, 0.29) is 25.7 Å². The summed E-state index contributed by atoms with van der Waals surface area (Å²) < 4.78 is 15.5. The Balaban J connectivity index is 4.69. The van der Waals surface area contributed by atoms with E-state index in [2.05, 4.69) is 5.32 Å². The van der Waals surface area contributed by atoms with Crippen LogP contribution in [0.15, 0.2) is 0 Å². The Kier molecular flexibility index (Phi) is 8.96. The molecule has 124 valence electrons. The van der Waals surface area contributed by atoms with Crippen LogP contribution in [0.25, 0.3) is 0 Å². The number of alkyl carbamates (subject to hydrolysis) is 1. The van der Waals surface area contributed by atoms with E-state index in [9.17, 15) is 9.59 Å². The van der Waals surface area contributed by atoms with Crippen LogP contribution in [0, 0.1) is 0 Å². The number of carboxylic acids is 1. The maximum atomic E-state index is 11.8. The Morgan fingerprint density at radius 2 is 1.90 bits per heavy atom. The molecule has 1 amide bonds. The molecule has 0 heterocycles. The third kappa shape index (κ3) is 10.1. The normalized spacial score (nSPS) is 14.3. The zero-order valence-electron chi connectivity index (χ0n) is 13.5. The van der Waals surface area contributed by atoms with Crippen molar-refractivity contribution in [1.29, 1.82) is 0 Å². The summed E-state index contributed by atoms with van der Waals surface area (Å²) in [5.41, 5.74) is -0.615. The Bertz CT molecular complexity index is 326. The molecule has 2 atom stereocenters. The lowest BCUT2D eigenvalue weighted by atomic mass is 10.0. The van der Waals surface area contributed by atoms with E-state index in [0.717, 1.165) is 0 Å². The third-order valence-corrected chi connectivity index (χ3v) is 2.62. The lowest BCUT2D eigenvalue weighted by molar-refractivity contribution is -0.137. The van der Waals surface area contributed by atoms with Gasteiger partial charge in [-0.2, -0.15) is 0 Å². The summed E-state index contributed by atoms with van der Waals surface area (Å²) in [6.07, 6.45) is -0.109. The van der Waals surface area contributed by atoms with E-state index in [1.54, 1.807) is 20.8 Å². The van der Waals surface area contributed by atoms with Crippen LogP contribution in [-0.2, 0) is 19.0 Å². The minimum Gasteiger partial charge on any atom is -0.481 e. The number of aliphatic carboxylic acids is 1. The number of carbonyl (C=O) groups excluding carboxylic acids is 1. The molecule has 0 aliphatic carbocycles. The maximum Gasteiger partial charge on any atom is 0.407 e. The van der Waals surface area contributed by atoms with Gasteiger partial charge in [-0.1, -0.05) is 6.92 Å². The number of carboxylic acid groups (broad SMARTS) is 1. The lowest BCUT2D eigenvalue weighted by Crippen LogP contribution is -2.46. The molecule has 7 heteroatoms. The highest BCUT2D eigenvalue weighted by molar-refractivity contribution is 5.69. The molecule has 0 saturated carbocycles. The number of rotatable bonds is 9. The van der Waals surface area contributed by atoms with Gasteiger partial charge in [0.25, 0.3) is 0 Å². The Hall–Kier alpha value is -1.34. The van der Waals surface area contributed by atoms with Crippen molar-refractivity contribution in [2.24, 2.45) is 0 Å². The summed E-state index contributed by atoms with van der Waals surface area (Å²) in [6, 6.07) is -0.448. The van der Waals surface area contributed by atoms with Gasteiger partial charge in [0.2, 0.25) is 0 Å². The van der Waals surface area contributed by atoms with Crippen LogP contribution in [0.5, 0.6) is 0 Å². The Morgan fingerprint density at radius 1 is 1.29 bits per heavy atom. The van der Waals surface area contributed by atoms with Gasteiger partial charge >= 0.3 is 12.1 Å². The molecule has 0 aliphatic heterocycles. The number of amides is 1. The number of ether oxygens (including phenoxy) is 3. The van der Waals surface area contributed by atoms with Crippen LogP contribution < -0.4 is 5.32 Å². The smallest absolute Gasteiger partial charge is 0.407 e. The number of hydrogen-bond donors (Lipinski definition) is 2. The first-order valence-electron chi connectivity index (χ1n) is 7.01. The molecule has 2 N–H and O–H groups in total. The Morgan fingerprint density at radius 3 is 2.33 bits per heavy atom. The van der Waals surface area contributed by atoms with Gasteiger partial charge in [0, 0.05) is 13.5 Å². The summed E-state index contributed by atoms with van der Waals surface area (Å²) >= 11 is 0. The van der Waals surface area contributed by atoms with Gasteiger partial charge in [0.05, 0.1) is 12.1 Å². The third-order valence-electron chi connectivity index (χ3n) is 2.62. The first-order chi connectivity index (χ1) is 9.69. The zero-order chi connectivity index (χ0) is 16.5. The molecule has 0 aliphatic rings. The maximum absolute atomic E-state index is 11.8. The quantitative estimate of drug-likeness (QED) is 0.634. The summed E-state index contributed by atoms with van der Waals surface area (Å²) in [5.74, 6) is -0.924. The topological polar surface area (TPSA) is 94.1 Å². The molecular formula is C14H27NO6. The van der Waals surface area contributed by atoms with E-state index in [1.165, 1.54) is 7.11 Å². The summed E-state index contributed by atoms with van der Waals surface area (Å²) in [7, 11) is 1.50. The molecule has 0 spiro atoms. The van der Waals surface area contributed by atoms with Crippen LogP contribution in [-0.4, -0.2) is 48.8 Å². The fourth-order valence-electron chi connectivity index (χ4n) is 1.76. The molecule has 0 radical (unpaired) electrons. The molecule has 0 aromatic rings. The van der Waals surface area contributed by atoms with Gasteiger partial charge < -0.3 is 24.6 Å². The molecule has 21 heavy (non-hydrogen) atoms. The van der Waals surface area contributed by atoms with E-state index < -0.39 is 23.7 Å². The van der Waals surface area contributed by atoms with Crippen molar-refractivity contribution < 1.29 is 28.9 Å². The highest BCUT2D eigenvalue weighted by Gasteiger charge is 2.26. The molecule has 0 saturated heterocycles. The largest absolute Gasteiger partial charge is 0.481 e. The number of carbonyl (C=O) groups is 2. The minimum atomic E-state index is -0.924. The van der Waals surface area contributed by atoms with Crippen molar-refractivity contribution in [2.75, 3.05) is 13.9 Å². The van der Waals surface area contributed by atoms with Gasteiger partial charge in [-0.05, 0) is 33.6 Å². The monoisotopic (exact) mass is 305 g/mol. The zero-order valence-corrected chi connectivity index (χ0v) is 13.5.